The van der Waals surface area contributed by atoms with Gasteiger partial charge in [0.25, 0.3) is 0 Å². The van der Waals surface area contributed by atoms with E-state index >= 15 is 0 Å². The Bertz CT molecular complexity index is 518. The fourth-order valence-electron chi connectivity index (χ4n) is 2.48. The molecule has 0 aromatic heterocycles. The molecule has 0 saturated carbocycles. The molecule has 3 rings (SSSR count). The number of benzene rings is 1. The Kier molecular flexibility index (Phi) is 4.04. The number of morpholine rings is 1. The quantitative estimate of drug-likeness (QED) is 0.845. The lowest BCUT2D eigenvalue weighted by molar-refractivity contribution is -0.0363. The molecule has 1 saturated heterocycles. The first kappa shape index (κ1) is 13.2. The van der Waals surface area contributed by atoms with Gasteiger partial charge in [0.2, 0.25) is 0 Å². The number of allylic oxidation sites excluding steroid dienone is 2. The van der Waals surface area contributed by atoms with Crippen LogP contribution in [0.2, 0.25) is 0 Å². The molecular formula is C16H19NO3. The van der Waals surface area contributed by atoms with E-state index in [1.165, 1.54) is 0 Å². The van der Waals surface area contributed by atoms with Gasteiger partial charge < -0.3 is 14.2 Å². The zero-order chi connectivity index (χ0) is 13.8. The molecule has 1 aromatic rings. The minimum absolute atomic E-state index is 0.0242. The normalized spacial score (nSPS) is 23.1. The smallest absolute Gasteiger partial charge is 0.172 e. The van der Waals surface area contributed by atoms with E-state index in [0.29, 0.717) is 0 Å². The maximum absolute atomic E-state index is 6.12. The second-order valence-electron chi connectivity index (χ2n) is 4.77. The Morgan fingerprint density at radius 2 is 2.00 bits per heavy atom. The molecule has 0 N–H and O–H groups in total. The molecule has 0 aliphatic carbocycles. The van der Waals surface area contributed by atoms with Gasteiger partial charge in [0.15, 0.2) is 6.23 Å². The molecule has 1 unspecified atom stereocenters. The Morgan fingerprint density at radius 1 is 1.20 bits per heavy atom. The molecule has 106 valence electrons. The van der Waals surface area contributed by atoms with Crippen LogP contribution in [0.4, 0.5) is 0 Å². The molecule has 0 bridgehead atoms. The fourth-order valence-corrected chi connectivity index (χ4v) is 2.48. The first-order valence-corrected chi connectivity index (χ1v) is 6.89. The molecule has 1 fully saturated rings. The number of hydrogen-bond donors (Lipinski definition) is 0. The van der Waals surface area contributed by atoms with Crippen LogP contribution in [-0.2, 0) is 9.47 Å². The minimum atomic E-state index is -0.0242. The summed E-state index contributed by atoms with van der Waals surface area (Å²) in [5, 5.41) is 0. The lowest BCUT2D eigenvalue weighted by Gasteiger charge is -2.34. The summed E-state index contributed by atoms with van der Waals surface area (Å²) in [6.45, 7) is 3.32. The third-order valence-electron chi connectivity index (χ3n) is 3.55. The summed E-state index contributed by atoms with van der Waals surface area (Å²) < 4.78 is 16.9. The fraction of sp³-hybridized carbons (Fsp3) is 0.375. The van der Waals surface area contributed by atoms with E-state index < -0.39 is 0 Å². The number of methoxy groups -OCH3 is 1. The molecule has 20 heavy (non-hydrogen) atoms. The molecular weight excluding hydrogens is 254 g/mol. The van der Waals surface area contributed by atoms with Gasteiger partial charge in [-0.15, -0.1) is 0 Å². The highest BCUT2D eigenvalue weighted by atomic mass is 16.5. The van der Waals surface area contributed by atoms with E-state index in [2.05, 4.69) is 11.0 Å². The van der Waals surface area contributed by atoms with Crippen LogP contribution in [0.3, 0.4) is 0 Å². The summed E-state index contributed by atoms with van der Waals surface area (Å²) in [6, 6.07) is 7.91. The maximum Gasteiger partial charge on any atom is 0.172 e. The zero-order valence-corrected chi connectivity index (χ0v) is 11.6. The van der Waals surface area contributed by atoms with Crippen LogP contribution in [-0.4, -0.2) is 44.5 Å². The number of rotatable bonds is 3. The van der Waals surface area contributed by atoms with Gasteiger partial charge >= 0.3 is 0 Å². The van der Waals surface area contributed by atoms with Gasteiger partial charge in [-0.1, -0.05) is 18.2 Å². The van der Waals surface area contributed by atoms with E-state index in [1.807, 2.05) is 36.4 Å². The van der Waals surface area contributed by atoms with Crippen LogP contribution < -0.4 is 4.74 Å². The van der Waals surface area contributed by atoms with Crippen molar-refractivity contribution in [2.24, 2.45) is 0 Å². The molecule has 2 aliphatic rings. The standard InChI is InChI=1S/C16H19NO3/c1-18-14-6-3-2-5-13(14)15-7-4-8-16(20-15)17-9-11-19-12-10-17/h2-8,16H,9-12H2,1H3. The van der Waals surface area contributed by atoms with Gasteiger partial charge in [-0.25, -0.2) is 0 Å². The highest BCUT2D eigenvalue weighted by Gasteiger charge is 2.23. The summed E-state index contributed by atoms with van der Waals surface area (Å²) >= 11 is 0. The van der Waals surface area contributed by atoms with Gasteiger partial charge in [-0.2, -0.15) is 0 Å². The van der Waals surface area contributed by atoms with Gasteiger partial charge in [0.1, 0.15) is 11.5 Å². The van der Waals surface area contributed by atoms with E-state index in [-0.39, 0.29) is 6.23 Å². The molecule has 0 radical (unpaired) electrons. The molecule has 2 aliphatic heterocycles. The SMILES string of the molecule is COc1ccccc1C1=CC=CC(N2CCOCC2)O1. The second kappa shape index (κ2) is 6.11. The number of nitrogens with zero attached hydrogens (tertiary/aromatic N) is 1. The minimum Gasteiger partial charge on any atom is -0.496 e. The Balaban J connectivity index is 1.78. The Labute approximate surface area is 119 Å². The monoisotopic (exact) mass is 273 g/mol. The predicted molar refractivity (Wildman–Crippen MR) is 77.4 cm³/mol. The van der Waals surface area contributed by atoms with Crippen LogP contribution in [0.1, 0.15) is 5.56 Å². The molecule has 4 heteroatoms. The van der Waals surface area contributed by atoms with Crippen LogP contribution >= 0.6 is 0 Å². The number of ether oxygens (including phenoxy) is 3. The van der Waals surface area contributed by atoms with E-state index in [1.54, 1.807) is 7.11 Å². The van der Waals surface area contributed by atoms with Crippen molar-refractivity contribution < 1.29 is 14.2 Å². The predicted octanol–water partition coefficient (Wildman–Crippen LogP) is 2.28. The van der Waals surface area contributed by atoms with Gasteiger partial charge in [-0.05, 0) is 24.3 Å². The van der Waals surface area contributed by atoms with Crippen molar-refractivity contribution in [3.8, 4) is 5.75 Å². The van der Waals surface area contributed by atoms with Gasteiger partial charge in [0, 0.05) is 13.1 Å². The Morgan fingerprint density at radius 3 is 2.80 bits per heavy atom. The van der Waals surface area contributed by atoms with Crippen LogP contribution in [0.25, 0.3) is 5.76 Å². The second-order valence-corrected chi connectivity index (χ2v) is 4.77. The van der Waals surface area contributed by atoms with Crippen molar-refractivity contribution >= 4 is 5.76 Å². The van der Waals surface area contributed by atoms with Crippen molar-refractivity contribution in [3.63, 3.8) is 0 Å². The summed E-state index contributed by atoms with van der Waals surface area (Å²) in [4.78, 5) is 2.28. The highest BCUT2D eigenvalue weighted by Crippen LogP contribution is 2.30. The first-order valence-electron chi connectivity index (χ1n) is 6.89. The van der Waals surface area contributed by atoms with E-state index in [4.69, 9.17) is 14.2 Å². The van der Waals surface area contributed by atoms with Crippen molar-refractivity contribution in [1.29, 1.82) is 0 Å². The Hall–Kier alpha value is -1.78. The summed E-state index contributed by atoms with van der Waals surface area (Å²) in [5.74, 6) is 1.68. The number of hydrogen-bond acceptors (Lipinski definition) is 4. The summed E-state index contributed by atoms with van der Waals surface area (Å²) in [5.41, 5.74) is 0.984. The van der Waals surface area contributed by atoms with E-state index in [9.17, 15) is 0 Å². The van der Waals surface area contributed by atoms with Crippen LogP contribution in [0.5, 0.6) is 5.75 Å². The molecule has 0 spiro atoms. The summed E-state index contributed by atoms with van der Waals surface area (Å²) in [7, 11) is 1.68. The highest BCUT2D eigenvalue weighted by molar-refractivity contribution is 5.67. The average molecular weight is 273 g/mol. The number of para-hydroxylation sites is 1. The third-order valence-corrected chi connectivity index (χ3v) is 3.55. The van der Waals surface area contributed by atoms with Crippen LogP contribution in [0.15, 0.2) is 42.5 Å². The lowest BCUT2D eigenvalue weighted by Crippen LogP contribution is -2.44. The van der Waals surface area contributed by atoms with Gasteiger partial charge in [0.05, 0.1) is 25.9 Å². The first-order chi connectivity index (χ1) is 9.88. The molecule has 0 amide bonds. The van der Waals surface area contributed by atoms with Crippen LogP contribution in [0, 0.1) is 0 Å². The third kappa shape index (κ3) is 2.71. The van der Waals surface area contributed by atoms with Crippen molar-refractivity contribution in [1.82, 2.24) is 4.90 Å². The molecule has 4 nitrogen and oxygen atoms in total. The average Bonchev–Trinajstić information content (AvgIpc) is 2.56. The van der Waals surface area contributed by atoms with Gasteiger partial charge in [-0.3, -0.25) is 4.90 Å². The zero-order valence-electron chi connectivity index (χ0n) is 11.6. The van der Waals surface area contributed by atoms with Crippen molar-refractivity contribution in [2.75, 3.05) is 33.4 Å². The van der Waals surface area contributed by atoms with E-state index in [0.717, 1.165) is 43.4 Å². The molecule has 1 atom stereocenters. The summed E-state index contributed by atoms with van der Waals surface area (Å²) in [6.07, 6.45) is 6.08. The van der Waals surface area contributed by atoms with Crippen molar-refractivity contribution in [3.05, 3.63) is 48.1 Å². The topological polar surface area (TPSA) is 30.9 Å². The lowest BCUT2D eigenvalue weighted by atomic mass is 10.1. The molecule has 1 aromatic carbocycles. The van der Waals surface area contributed by atoms with Crippen molar-refractivity contribution in [2.45, 2.75) is 6.23 Å². The molecule has 2 heterocycles. The maximum atomic E-state index is 6.12. The largest absolute Gasteiger partial charge is 0.496 e.